The second-order valence-corrected chi connectivity index (χ2v) is 8.17. The molecule has 1 aliphatic carbocycles. The van der Waals surface area contributed by atoms with Crippen molar-refractivity contribution in [2.45, 2.75) is 69.9 Å². The van der Waals surface area contributed by atoms with Gasteiger partial charge in [-0.05, 0) is 55.2 Å². The van der Waals surface area contributed by atoms with Crippen molar-refractivity contribution in [2.24, 2.45) is 11.7 Å². The molecule has 0 aliphatic heterocycles. The van der Waals surface area contributed by atoms with Gasteiger partial charge in [0, 0.05) is 18.1 Å². The van der Waals surface area contributed by atoms with Crippen LogP contribution in [0.15, 0.2) is 61.2 Å². The second kappa shape index (κ2) is 10.7. The molecule has 1 saturated carbocycles. The van der Waals surface area contributed by atoms with E-state index < -0.39 is 0 Å². The molecule has 1 aromatic rings. The van der Waals surface area contributed by atoms with Crippen LogP contribution in [0.5, 0.6) is 0 Å². The first-order chi connectivity index (χ1) is 13.0. The van der Waals surface area contributed by atoms with Crippen LogP contribution < -0.4 is 11.1 Å². The number of allylic oxidation sites excluding steroid dienone is 4. The summed E-state index contributed by atoms with van der Waals surface area (Å²) in [5.41, 5.74) is 10.3. The minimum absolute atomic E-state index is 0.0448. The largest absolute Gasteiger partial charge is 0.325 e. The Morgan fingerprint density at radius 1 is 1.22 bits per heavy atom. The van der Waals surface area contributed by atoms with Crippen molar-refractivity contribution in [3.63, 3.8) is 0 Å². The van der Waals surface area contributed by atoms with Gasteiger partial charge in [0.15, 0.2) is 0 Å². The topological polar surface area (TPSA) is 38.0 Å². The maximum Gasteiger partial charge on any atom is 0.0653 e. The molecule has 1 atom stereocenters. The van der Waals surface area contributed by atoms with Gasteiger partial charge in [-0.1, -0.05) is 74.8 Å². The summed E-state index contributed by atoms with van der Waals surface area (Å²) in [4.78, 5) is 0. The predicted molar refractivity (Wildman–Crippen MR) is 119 cm³/mol. The lowest BCUT2D eigenvalue weighted by Crippen LogP contribution is -2.54. The van der Waals surface area contributed by atoms with Gasteiger partial charge in [-0.2, -0.15) is 0 Å². The highest BCUT2D eigenvalue weighted by atomic mass is 14.9. The van der Waals surface area contributed by atoms with Crippen LogP contribution in [0.25, 0.3) is 0 Å². The van der Waals surface area contributed by atoms with E-state index in [1.54, 1.807) is 0 Å². The van der Waals surface area contributed by atoms with Crippen LogP contribution in [0.1, 0.15) is 50.2 Å². The van der Waals surface area contributed by atoms with Crippen molar-refractivity contribution in [1.29, 1.82) is 0 Å². The van der Waals surface area contributed by atoms with Crippen LogP contribution in [0.2, 0.25) is 6.32 Å². The van der Waals surface area contributed by atoms with Gasteiger partial charge in [0.05, 0.1) is 7.85 Å². The molecule has 0 saturated heterocycles. The molecule has 1 unspecified atom stereocenters. The molecule has 0 spiro atoms. The number of nitrogens with one attached hydrogen (secondary N) is 1. The van der Waals surface area contributed by atoms with Crippen LogP contribution in [-0.2, 0) is 13.0 Å². The van der Waals surface area contributed by atoms with Gasteiger partial charge in [0.25, 0.3) is 0 Å². The molecular formula is C24H35BN2. The summed E-state index contributed by atoms with van der Waals surface area (Å²) in [5.74, 6) is 0.629. The van der Waals surface area contributed by atoms with Crippen molar-refractivity contribution in [1.82, 2.24) is 5.32 Å². The molecule has 0 aromatic heterocycles. The Labute approximate surface area is 167 Å². The summed E-state index contributed by atoms with van der Waals surface area (Å²) in [5, 5.41) is 3.68. The maximum absolute atomic E-state index is 6.54. The highest BCUT2D eigenvalue weighted by Crippen LogP contribution is 2.37. The number of benzene rings is 1. The van der Waals surface area contributed by atoms with Gasteiger partial charge in [-0.3, -0.25) is 0 Å². The second-order valence-electron chi connectivity index (χ2n) is 8.17. The molecule has 3 heteroatoms. The van der Waals surface area contributed by atoms with E-state index in [4.69, 9.17) is 13.6 Å². The SMILES string of the molecule is [B]CCCCC(C)(N)C1CC(NCc2ccc(C/C(C=C)=C/C=C)cc2)C1. The van der Waals surface area contributed by atoms with E-state index in [0.717, 1.165) is 38.5 Å². The molecule has 1 aliphatic rings. The van der Waals surface area contributed by atoms with E-state index in [1.807, 2.05) is 18.2 Å². The lowest BCUT2D eigenvalue weighted by atomic mass is 9.67. The van der Waals surface area contributed by atoms with E-state index in [9.17, 15) is 0 Å². The Balaban J connectivity index is 1.73. The molecule has 1 aromatic carbocycles. The Morgan fingerprint density at radius 3 is 2.48 bits per heavy atom. The Hall–Kier alpha value is -1.58. The molecule has 144 valence electrons. The maximum atomic E-state index is 6.54. The number of rotatable bonds is 12. The normalized spacial score (nSPS) is 21.9. The van der Waals surface area contributed by atoms with Crippen molar-refractivity contribution in [3.05, 3.63) is 72.4 Å². The fourth-order valence-electron chi connectivity index (χ4n) is 3.80. The zero-order valence-corrected chi connectivity index (χ0v) is 16.9. The summed E-state index contributed by atoms with van der Waals surface area (Å²) in [7, 11) is 5.59. The van der Waals surface area contributed by atoms with Crippen molar-refractivity contribution < 1.29 is 0 Å². The lowest BCUT2D eigenvalue weighted by molar-refractivity contribution is 0.123. The lowest BCUT2D eigenvalue weighted by Gasteiger charge is -2.46. The molecule has 2 nitrogen and oxygen atoms in total. The van der Waals surface area contributed by atoms with Gasteiger partial charge >= 0.3 is 0 Å². The minimum atomic E-state index is -0.0448. The fourth-order valence-corrected chi connectivity index (χ4v) is 3.80. The first-order valence-electron chi connectivity index (χ1n) is 10.2. The molecule has 3 N–H and O–H groups in total. The predicted octanol–water partition coefficient (Wildman–Crippen LogP) is 4.87. The average Bonchev–Trinajstić information content (AvgIpc) is 2.61. The highest BCUT2D eigenvalue weighted by molar-refractivity contribution is 6.08. The summed E-state index contributed by atoms with van der Waals surface area (Å²) in [6.45, 7) is 10.7. The van der Waals surface area contributed by atoms with Gasteiger partial charge in [0.2, 0.25) is 0 Å². The third-order valence-corrected chi connectivity index (χ3v) is 5.86. The van der Waals surface area contributed by atoms with E-state index in [1.165, 1.54) is 29.5 Å². The highest BCUT2D eigenvalue weighted by Gasteiger charge is 2.39. The zero-order valence-electron chi connectivity index (χ0n) is 16.9. The first kappa shape index (κ1) is 21.7. The number of hydrogen-bond acceptors (Lipinski definition) is 2. The standard InChI is InChI=1S/C24H35BN2/c1-4-8-19(5-2)15-20-9-11-21(12-10-20)18-27-23-16-22(17-23)24(3,26)13-6-7-14-25/h4-5,8-12,22-23,27H,1-2,6-7,13-18,26H2,3H3/b19-8+. The number of hydrogen-bond donors (Lipinski definition) is 2. The summed E-state index contributed by atoms with van der Waals surface area (Å²) in [6, 6.07) is 9.43. The molecule has 2 rings (SSSR count). The molecule has 27 heavy (non-hydrogen) atoms. The number of unbranched alkanes of at least 4 members (excludes halogenated alkanes) is 1. The Morgan fingerprint density at radius 2 is 1.89 bits per heavy atom. The first-order valence-corrected chi connectivity index (χ1v) is 10.2. The van der Waals surface area contributed by atoms with Crippen LogP contribution in [0, 0.1) is 5.92 Å². The summed E-state index contributed by atoms with van der Waals surface area (Å²) in [6.07, 6.45) is 13.0. The molecule has 1 fully saturated rings. The molecule has 0 amide bonds. The Bertz CT molecular complexity index is 624. The molecule has 0 bridgehead atoms. The zero-order chi connectivity index (χ0) is 19.7. The summed E-state index contributed by atoms with van der Waals surface area (Å²) >= 11 is 0. The van der Waals surface area contributed by atoms with E-state index in [-0.39, 0.29) is 5.54 Å². The smallest absolute Gasteiger partial charge is 0.0653 e. The van der Waals surface area contributed by atoms with Crippen LogP contribution >= 0.6 is 0 Å². The fraction of sp³-hybridized carbons (Fsp3) is 0.500. The summed E-state index contributed by atoms with van der Waals surface area (Å²) < 4.78 is 0. The average molecular weight is 362 g/mol. The molecule has 0 heterocycles. The van der Waals surface area contributed by atoms with Crippen LogP contribution in [0.3, 0.4) is 0 Å². The van der Waals surface area contributed by atoms with Crippen molar-refractivity contribution >= 4 is 7.85 Å². The molecular weight excluding hydrogens is 327 g/mol. The van der Waals surface area contributed by atoms with E-state index in [2.05, 4.69) is 49.7 Å². The van der Waals surface area contributed by atoms with Gasteiger partial charge in [0.1, 0.15) is 0 Å². The number of nitrogens with two attached hydrogens (primary N) is 1. The monoisotopic (exact) mass is 362 g/mol. The van der Waals surface area contributed by atoms with Gasteiger partial charge < -0.3 is 11.1 Å². The third-order valence-electron chi connectivity index (χ3n) is 5.86. The molecule has 2 radical (unpaired) electrons. The Kier molecular flexibility index (Phi) is 8.59. The third kappa shape index (κ3) is 6.82. The van der Waals surface area contributed by atoms with E-state index >= 15 is 0 Å². The van der Waals surface area contributed by atoms with Crippen LogP contribution in [0.4, 0.5) is 0 Å². The van der Waals surface area contributed by atoms with Gasteiger partial charge in [-0.15, -0.1) is 0 Å². The van der Waals surface area contributed by atoms with E-state index in [0.29, 0.717) is 12.0 Å². The van der Waals surface area contributed by atoms with Crippen molar-refractivity contribution in [3.8, 4) is 0 Å². The van der Waals surface area contributed by atoms with Gasteiger partial charge in [-0.25, -0.2) is 0 Å². The van der Waals surface area contributed by atoms with Crippen molar-refractivity contribution in [2.75, 3.05) is 0 Å². The van der Waals surface area contributed by atoms with Crippen LogP contribution in [-0.4, -0.2) is 19.4 Å². The quantitative estimate of drug-likeness (QED) is 0.316. The minimum Gasteiger partial charge on any atom is -0.325 e.